The van der Waals surface area contributed by atoms with Gasteiger partial charge in [-0.3, -0.25) is 4.79 Å². The smallest absolute Gasteiger partial charge is 0.244 e. The highest BCUT2D eigenvalue weighted by atomic mass is 16.5. The van der Waals surface area contributed by atoms with Crippen LogP contribution < -0.4 is 10.1 Å². The number of hydrogen-bond acceptors (Lipinski definition) is 3. The van der Waals surface area contributed by atoms with Crippen LogP contribution in [0.2, 0.25) is 0 Å². The maximum absolute atomic E-state index is 12.3. The second-order valence-electron chi connectivity index (χ2n) is 7.21. The first-order valence-corrected chi connectivity index (χ1v) is 8.76. The zero-order valence-corrected chi connectivity index (χ0v) is 15.1. The summed E-state index contributed by atoms with van der Waals surface area (Å²) in [5, 5.41) is 12.8. The van der Waals surface area contributed by atoms with Gasteiger partial charge in [0.2, 0.25) is 5.91 Å². The topological polar surface area (TPSA) is 58.6 Å². The Morgan fingerprint density at radius 2 is 2.12 bits per heavy atom. The fraction of sp³-hybridized carbons (Fsp3) is 0.550. The molecular formula is C20H29NO3. The molecule has 0 aliphatic heterocycles. The molecule has 0 radical (unpaired) electrons. The Morgan fingerprint density at radius 3 is 2.79 bits per heavy atom. The number of phenols is 1. The minimum Gasteiger partial charge on any atom is -0.504 e. The van der Waals surface area contributed by atoms with Gasteiger partial charge in [-0.25, -0.2) is 0 Å². The quantitative estimate of drug-likeness (QED) is 0.802. The molecule has 0 bridgehead atoms. The third kappa shape index (κ3) is 4.76. The molecule has 24 heavy (non-hydrogen) atoms. The normalized spacial score (nSPS) is 24.3. The summed E-state index contributed by atoms with van der Waals surface area (Å²) in [5.74, 6) is 2.22. The molecule has 2 rings (SSSR count). The van der Waals surface area contributed by atoms with Gasteiger partial charge in [0.25, 0.3) is 0 Å². The lowest BCUT2D eigenvalue weighted by Crippen LogP contribution is -2.45. The number of phenolic OH excluding ortho intramolecular Hbond substituents is 1. The SMILES string of the molecule is COc1cc(/C=C/C(=O)N[C@@H]2C[C@@H](C)CC[C@@H]2C(C)C)ccc1O. The molecule has 3 atom stereocenters. The molecule has 1 amide bonds. The predicted octanol–water partition coefficient (Wildman–Crippen LogP) is 3.99. The van der Waals surface area contributed by atoms with Crippen LogP contribution >= 0.6 is 0 Å². The van der Waals surface area contributed by atoms with Crippen molar-refractivity contribution in [3.05, 3.63) is 29.8 Å². The number of carbonyl (C=O) groups is 1. The lowest BCUT2D eigenvalue weighted by Gasteiger charge is -2.37. The number of amides is 1. The fourth-order valence-corrected chi connectivity index (χ4v) is 3.57. The average molecular weight is 331 g/mol. The first-order valence-electron chi connectivity index (χ1n) is 8.76. The van der Waals surface area contributed by atoms with Crippen molar-refractivity contribution < 1.29 is 14.6 Å². The molecule has 4 heteroatoms. The van der Waals surface area contributed by atoms with E-state index in [4.69, 9.17) is 4.74 Å². The van der Waals surface area contributed by atoms with E-state index in [1.807, 2.05) is 0 Å². The first-order chi connectivity index (χ1) is 11.4. The minimum absolute atomic E-state index is 0.0632. The summed E-state index contributed by atoms with van der Waals surface area (Å²) in [7, 11) is 1.51. The van der Waals surface area contributed by atoms with Crippen molar-refractivity contribution in [2.75, 3.05) is 7.11 Å². The molecule has 132 valence electrons. The highest BCUT2D eigenvalue weighted by molar-refractivity contribution is 5.92. The molecule has 1 saturated carbocycles. The molecule has 1 aliphatic carbocycles. The van der Waals surface area contributed by atoms with Crippen molar-refractivity contribution in [3.63, 3.8) is 0 Å². The van der Waals surface area contributed by atoms with Gasteiger partial charge in [-0.15, -0.1) is 0 Å². The number of methoxy groups -OCH3 is 1. The third-order valence-electron chi connectivity index (χ3n) is 4.98. The maximum atomic E-state index is 12.3. The Morgan fingerprint density at radius 1 is 1.38 bits per heavy atom. The van der Waals surface area contributed by atoms with Crippen molar-refractivity contribution in [3.8, 4) is 11.5 Å². The van der Waals surface area contributed by atoms with Crippen LogP contribution in [-0.4, -0.2) is 24.2 Å². The summed E-state index contributed by atoms with van der Waals surface area (Å²) in [6.07, 6.45) is 6.78. The Balaban J connectivity index is 2.01. The number of ether oxygens (including phenoxy) is 1. The van der Waals surface area contributed by atoms with Crippen LogP contribution in [0.15, 0.2) is 24.3 Å². The standard InChI is InChI=1S/C20H29NO3/c1-13(2)16-8-5-14(3)11-17(16)21-20(23)10-7-15-6-9-18(22)19(12-15)24-4/h6-7,9-10,12-14,16-17,22H,5,8,11H2,1-4H3,(H,21,23)/b10-7+/t14-,16+,17+/m0/s1. The summed E-state index contributed by atoms with van der Waals surface area (Å²) < 4.78 is 5.08. The number of benzene rings is 1. The van der Waals surface area contributed by atoms with E-state index in [9.17, 15) is 9.90 Å². The van der Waals surface area contributed by atoms with Gasteiger partial charge in [0, 0.05) is 12.1 Å². The zero-order chi connectivity index (χ0) is 17.7. The molecule has 2 N–H and O–H groups in total. The molecule has 1 aliphatic rings. The monoisotopic (exact) mass is 331 g/mol. The van der Waals surface area contributed by atoms with Crippen LogP contribution in [0.25, 0.3) is 6.08 Å². The van der Waals surface area contributed by atoms with Crippen LogP contribution in [0, 0.1) is 17.8 Å². The number of rotatable bonds is 5. The van der Waals surface area contributed by atoms with E-state index in [1.165, 1.54) is 20.0 Å². The van der Waals surface area contributed by atoms with Gasteiger partial charge in [0.1, 0.15) is 0 Å². The Bertz CT molecular complexity index is 595. The molecule has 1 fully saturated rings. The molecule has 0 unspecified atom stereocenters. The molecule has 0 saturated heterocycles. The van der Waals surface area contributed by atoms with Gasteiger partial charge in [-0.1, -0.05) is 33.3 Å². The van der Waals surface area contributed by atoms with Crippen molar-refractivity contribution in [2.45, 2.75) is 46.1 Å². The first kappa shape index (κ1) is 18.4. The van der Waals surface area contributed by atoms with E-state index in [-0.39, 0.29) is 17.7 Å². The molecule has 1 aromatic rings. The number of nitrogens with one attached hydrogen (secondary N) is 1. The lowest BCUT2D eigenvalue weighted by molar-refractivity contribution is -0.118. The summed E-state index contributed by atoms with van der Waals surface area (Å²) >= 11 is 0. The number of hydrogen-bond donors (Lipinski definition) is 2. The van der Waals surface area contributed by atoms with Gasteiger partial charge in [-0.2, -0.15) is 0 Å². The van der Waals surface area contributed by atoms with Crippen LogP contribution in [0.4, 0.5) is 0 Å². The largest absolute Gasteiger partial charge is 0.504 e. The highest BCUT2D eigenvalue weighted by Gasteiger charge is 2.31. The highest BCUT2D eigenvalue weighted by Crippen LogP contribution is 2.33. The predicted molar refractivity (Wildman–Crippen MR) is 97.0 cm³/mol. The number of aromatic hydroxyl groups is 1. The van der Waals surface area contributed by atoms with Crippen molar-refractivity contribution in [1.82, 2.24) is 5.32 Å². The van der Waals surface area contributed by atoms with E-state index in [0.29, 0.717) is 23.5 Å². The van der Waals surface area contributed by atoms with Crippen LogP contribution in [0.1, 0.15) is 45.6 Å². The van der Waals surface area contributed by atoms with Gasteiger partial charge in [0.05, 0.1) is 7.11 Å². The Kier molecular flexibility index (Phi) is 6.29. The van der Waals surface area contributed by atoms with E-state index >= 15 is 0 Å². The van der Waals surface area contributed by atoms with E-state index < -0.39 is 0 Å². The van der Waals surface area contributed by atoms with E-state index in [1.54, 1.807) is 30.4 Å². The van der Waals surface area contributed by atoms with Gasteiger partial charge in [-0.05, 0) is 54.4 Å². The van der Waals surface area contributed by atoms with Crippen LogP contribution in [0.3, 0.4) is 0 Å². The minimum atomic E-state index is -0.0632. The van der Waals surface area contributed by atoms with Gasteiger partial charge >= 0.3 is 0 Å². The van der Waals surface area contributed by atoms with Crippen molar-refractivity contribution in [2.24, 2.45) is 17.8 Å². The zero-order valence-electron chi connectivity index (χ0n) is 15.1. The van der Waals surface area contributed by atoms with Crippen LogP contribution in [0.5, 0.6) is 11.5 Å². The molecule has 4 nitrogen and oxygen atoms in total. The second kappa shape index (κ2) is 8.22. The average Bonchev–Trinajstić information content (AvgIpc) is 2.53. The van der Waals surface area contributed by atoms with E-state index in [2.05, 4.69) is 26.1 Å². The number of carbonyl (C=O) groups excluding carboxylic acids is 1. The Hall–Kier alpha value is -1.97. The third-order valence-corrected chi connectivity index (χ3v) is 4.98. The van der Waals surface area contributed by atoms with Crippen LogP contribution in [-0.2, 0) is 4.79 Å². The Labute approximate surface area is 144 Å². The maximum Gasteiger partial charge on any atom is 0.244 e. The second-order valence-corrected chi connectivity index (χ2v) is 7.21. The van der Waals surface area contributed by atoms with Gasteiger partial charge < -0.3 is 15.2 Å². The van der Waals surface area contributed by atoms with Crippen molar-refractivity contribution in [1.29, 1.82) is 0 Å². The summed E-state index contributed by atoms with van der Waals surface area (Å²) in [4.78, 5) is 12.3. The summed E-state index contributed by atoms with van der Waals surface area (Å²) in [6, 6.07) is 5.27. The molecule has 0 heterocycles. The molecule has 0 spiro atoms. The summed E-state index contributed by atoms with van der Waals surface area (Å²) in [6.45, 7) is 6.73. The molecular weight excluding hydrogens is 302 g/mol. The summed E-state index contributed by atoms with van der Waals surface area (Å²) in [5.41, 5.74) is 0.817. The molecule has 1 aromatic carbocycles. The fourth-order valence-electron chi connectivity index (χ4n) is 3.57. The van der Waals surface area contributed by atoms with Gasteiger partial charge in [0.15, 0.2) is 11.5 Å². The molecule has 0 aromatic heterocycles. The lowest BCUT2D eigenvalue weighted by atomic mass is 9.74. The van der Waals surface area contributed by atoms with E-state index in [0.717, 1.165) is 12.0 Å². The van der Waals surface area contributed by atoms with Crippen molar-refractivity contribution >= 4 is 12.0 Å².